The molecule has 0 aliphatic carbocycles. The molecular formula is C22H26N6OS. The molecule has 2 atom stereocenters. The Balaban J connectivity index is 1.39. The predicted molar refractivity (Wildman–Crippen MR) is 121 cm³/mol. The summed E-state index contributed by atoms with van der Waals surface area (Å²) in [6, 6.07) is 12.3. The van der Waals surface area contributed by atoms with Crippen LogP contribution in [0.25, 0.3) is 11.4 Å². The number of anilines is 1. The first-order valence-corrected chi connectivity index (χ1v) is 10.9. The third kappa shape index (κ3) is 4.56. The Morgan fingerprint density at radius 1 is 1.20 bits per heavy atom. The first-order valence-electron chi connectivity index (χ1n) is 9.89. The second kappa shape index (κ2) is 9.42. The van der Waals surface area contributed by atoms with Gasteiger partial charge in [-0.15, -0.1) is 16.8 Å². The summed E-state index contributed by atoms with van der Waals surface area (Å²) in [7, 11) is 4.08. The maximum atomic E-state index is 6.23. The predicted octanol–water partition coefficient (Wildman–Crippen LogP) is 3.37. The Kier molecular flexibility index (Phi) is 6.47. The fourth-order valence-electron chi connectivity index (χ4n) is 3.34. The van der Waals surface area contributed by atoms with Crippen molar-refractivity contribution in [2.75, 3.05) is 31.3 Å². The van der Waals surface area contributed by atoms with E-state index in [-0.39, 0.29) is 12.3 Å². The molecule has 0 unspecified atom stereocenters. The van der Waals surface area contributed by atoms with E-state index in [0.717, 1.165) is 34.4 Å². The smallest absolute Gasteiger partial charge is 0.191 e. The van der Waals surface area contributed by atoms with E-state index in [9.17, 15) is 0 Å². The summed E-state index contributed by atoms with van der Waals surface area (Å²) in [4.78, 5) is 6.17. The largest absolute Gasteiger partial charge is 0.378 e. The molecule has 3 aromatic rings. The zero-order chi connectivity index (χ0) is 20.9. The highest BCUT2D eigenvalue weighted by Crippen LogP contribution is 2.28. The molecule has 0 radical (unpaired) electrons. The fraction of sp³-hybridized carbons (Fsp3) is 0.318. The van der Waals surface area contributed by atoms with Crippen molar-refractivity contribution >= 4 is 17.4 Å². The monoisotopic (exact) mass is 422 g/mol. The third-order valence-electron chi connectivity index (χ3n) is 4.94. The van der Waals surface area contributed by atoms with Gasteiger partial charge in [-0.2, -0.15) is 0 Å². The highest BCUT2D eigenvalue weighted by Gasteiger charge is 2.26. The van der Waals surface area contributed by atoms with Gasteiger partial charge in [0.2, 0.25) is 0 Å². The van der Waals surface area contributed by atoms with Gasteiger partial charge in [-0.1, -0.05) is 30.0 Å². The number of pyridine rings is 1. The number of benzene rings is 1. The van der Waals surface area contributed by atoms with Crippen LogP contribution >= 0.6 is 11.8 Å². The van der Waals surface area contributed by atoms with Gasteiger partial charge in [0.15, 0.2) is 11.0 Å². The molecule has 1 saturated heterocycles. The van der Waals surface area contributed by atoms with Crippen LogP contribution in [0.15, 0.2) is 66.6 Å². The Hall–Kier alpha value is -2.68. The summed E-state index contributed by atoms with van der Waals surface area (Å²) in [6.07, 6.45) is 5.41. The number of ether oxygens (including phenoxy) is 1. The van der Waals surface area contributed by atoms with E-state index in [1.165, 1.54) is 5.69 Å². The Morgan fingerprint density at radius 3 is 2.67 bits per heavy atom. The summed E-state index contributed by atoms with van der Waals surface area (Å²) in [5.41, 5.74) is 3.31. The normalized spacial score (nSPS) is 18.5. The molecular weight excluding hydrogens is 396 g/mol. The molecule has 0 bridgehead atoms. The molecule has 0 amide bonds. The minimum absolute atomic E-state index is 0.0785. The number of hydrogen-bond donors (Lipinski definition) is 1. The Labute approximate surface area is 181 Å². The first kappa shape index (κ1) is 20.6. The average molecular weight is 423 g/mol. The molecule has 1 N–H and O–H groups in total. The second-order valence-electron chi connectivity index (χ2n) is 7.28. The molecule has 2 aromatic heterocycles. The van der Waals surface area contributed by atoms with Gasteiger partial charge in [0, 0.05) is 56.6 Å². The van der Waals surface area contributed by atoms with E-state index in [1.54, 1.807) is 24.2 Å². The van der Waals surface area contributed by atoms with Crippen molar-refractivity contribution < 1.29 is 4.74 Å². The third-order valence-corrected chi connectivity index (χ3v) is 6.04. The summed E-state index contributed by atoms with van der Waals surface area (Å²) >= 11 is 1.66. The molecule has 4 rings (SSSR count). The molecule has 3 heterocycles. The molecule has 8 heteroatoms. The number of rotatable bonds is 8. The Morgan fingerprint density at radius 2 is 1.97 bits per heavy atom. The highest BCUT2D eigenvalue weighted by atomic mass is 32.2. The lowest BCUT2D eigenvalue weighted by Gasteiger charge is -2.16. The zero-order valence-corrected chi connectivity index (χ0v) is 18.0. The molecule has 1 aliphatic heterocycles. The summed E-state index contributed by atoms with van der Waals surface area (Å²) in [5.74, 6) is 1.62. The van der Waals surface area contributed by atoms with E-state index >= 15 is 0 Å². The van der Waals surface area contributed by atoms with Crippen molar-refractivity contribution in [3.05, 3.63) is 67.0 Å². The number of hydrogen-bond acceptors (Lipinski definition) is 7. The maximum absolute atomic E-state index is 6.23. The first-order chi connectivity index (χ1) is 14.7. The van der Waals surface area contributed by atoms with Gasteiger partial charge < -0.3 is 9.64 Å². The summed E-state index contributed by atoms with van der Waals surface area (Å²) < 4.78 is 8.31. The van der Waals surface area contributed by atoms with E-state index in [0.29, 0.717) is 6.54 Å². The minimum Gasteiger partial charge on any atom is -0.378 e. The van der Waals surface area contributed by atoms with Crippen LogP contribution in [0.3, 0.4) is 0 Å². The van der Waals surface area contributed by atoms with Crippen LogP contribution < -0.4 is 10.2 Å². The Bertz CT molecular complexity index is 973. The number of aromatic nitrogens is 4. The van der Waals surface area contributed by atoms with Gasteiger partial charge in [-0.3, -0.25) is 14.9 Å². The quantitative estimate of drug-likeness (QED) is 0.441. The number of nitrogens with one attached hydrogen (secondary N) is 1. The molecule has 1 fully saturated rings. The van der Waals surface area contributed by atoms with Gasteiger partial charge >= 0.3 is 0 Å². The van der Waals surface area contributed by atoms with Gasteiger partial charge in [0.05, 0.1) is 6.10 Å². The molecule has 1 aliphatic rings. The van der Waals surface area contributed by atoms with Crippen molar-refractivity contribution in [3.63, 3.8) is 0 Å². The van der Waals surface area contributed by atoms with Crippen LogP contribution in [-0.2, 0) is 11.3 Å². The van der Waals surface area contributed by atoms with Gasteiger partial charge in [-0.05, 0) is 29.8 Å². The lowest BCUT2D eigenvalue weighted by molar-refractivity contribution is 0.0534. The van der Waals surface area contributed by atoms with Crippen molar-refractivity contribution in [3.8, 4) is 11.4 Å². The van der Waals surface area contributed by atoms with Gasteiger partial charge in [-0.25, -0.2) is 0 Å². The highest BCUT2D eigenvalue weighted by molar-refractivity contribution is 7.99. The fourth-order valence-corrected chi connectivity index (χ4v) is 4.29. The van der Waals surface area contributed by atoms with Gasteiger partial charge in [0.25, 0.3) is 0 Å². The van der Waals surface area contributed by atoms with Crippen molar-refractivity contribution in [2.24, 2.45) is 0 Å². The topological polar surface area (TPSA) is 68.1 Å². The number of allylic oxidation sites excluding steroid dienone is 1. The lowest BCUT2D eigenvalue weighted by atomic mass is 10.2. The summed E-state index contributed by atoms with van der Waals surface area (Å²) in [5, 5.41) is 13.1. The van der Waals surface area contributed by atoms with Crippen LogP contribution in [0.2, 0.25) is 0 Å². The van der Waals surface area contributed by atoms with E-state index in [1.807, 2.05) is 32.3 Å². The average Bonchev–Trinajstić information content (AvgIpc) is 3.40. The van der Waals surface area contributed by atoms with Crippen molar-refractivity contribution in [1.29, 1.82) is 0 Å². The van der Waals surface area contributed by atoms with E-state index in [4.69, 9.17) is 4.74 Å². The lowest BCUT2D eigenvalue weighted by Crippen LogP contribution is -2.17. The van der Waals surface area contributed by atoms with Crippen LogP contribution in [0.1, 0.15) is 11.8 Å². The molecule has 0 saturated carbocycles. The second-order valence-corrected chi connectivity index (χ2v) is 8.27. The van der Waals surface area contributed by atoms with Crippen LogP contribution in [0.4, 0.5) is 5.69 Å². The van der Waals surface area contributed by atoms with Crippen molar-refractivity contribution in [2.45, 2.75) is 24.0 Å². The van der Waals surface area contributed by atoms with Crippen molar-refractivity contribution in [1.82, 2.24) is 25.1 Å². The maximum Gasteiger partial charge on any atom is 0.191 e. The SMILES string of the molecule is C=CCn1c(SC[C@@H]2CN[C@@H](c3ccc(N(C)C)cc3)O2)nnc1-c1ccncc1. The minimum atomic E-state index is -0.0785. The van der Waals surface area contributed by atoms with E-state index in [2.05, 4.69) is 60.8 Å². The van der Waals surface area contributed by atoms with Crippen LogP contribution in [0, 0.1) is 0 Å². The summed E-state index contributed by atoms with van der Waals surface area (Å²) in [6.45, 7) is 5.33. The molecule has 0 spiro atoms. The van der Waals surface area contributed by atoms with Crippen LogP contribution in [0.5, 0.6) is 0 Å². The van der Waals surface area contributed by atoms with Crippen LogP contribution in [-0.4, -0.2) is 52.2 Å². The molecule has 1 aromatic carbocycles. The standard InChI is InChI=1S/C22H26N6OS/c1-4-13-28-20(16-9-11-23-12-10-16)25-26-22(28)30-15-19-14-24-21(29-19)17-5-7-18(8-6-17)27(2)3/h4-12,19,21,24H,1,13-15H2,2-3H3/t19-,21+/m0/s1. The molecule has 156 valence electrons. The van der Waals surface area contributed by atoms with Gasteiger partial charge in [0.1, 0.15) is 6.23 Å². The van der Waals surface area contributed by atoms with E-state index < -0.39 is 0 Å². The zero-order valence-electron chi connectivity index (χ0n) is 17.2. The number of thioether (sulfide) groups is 1. The molecule has 7 nitrogen and oxygen atoms in total. The number of nitrogens with zero attached hydrogens (tertiary/aromatic N) is 5. The molecule has 30 heavy (non-hydrogen) atoms.